The molecule has 0 unspecified atom stereocenters. The number of carbonyl (C=O) groups excluding carboxylic acids is 1. The molecule has 0 saturated carbocycles. The largest absolute Gasteiger partial charge is 0.504 e. The topological polar surface area (TPSA) is 87.1 Å². The highest BCUT2D eigenvalue weighted by atomic mass is 16.5. The third kappa shape index (κ3) is 4.34. The number of aliphatic carboxylic acids is 1. The lowest BCUT2D eigenvalue weighted by Gasteiger charge is -2.15. The summed E-state index contributed by atoms with van der Waals surface area (Å²) < 4.78 is 4.96. The summed E-state index contributed by atoms with van der Waals surface area (Å²) in [5.74, 6) is -1.26. The van der Waals surface area contributed by atoms with Crippen LogP contribution in [0.5, 0.6) is 11.5 Å². The van der Waals surface area contributed by atoms with E-state index in [0.29, 0.717) is 5.75 Å². The molecule has 0 saturated heterocycles. The fraction of sp³-hybridized carbons (Fsp3) is 0.231. The number of carboxylic acid groups (broad SMARTS) is 1. The third-order valence-electron chi connectivity index (χ3n) is 2.41. The molecule has 0 bridgehead atoms. The molecule has 0 aromatic heterocycles. The zero-order chi connectivity index (χ0) is 14.4. The van der Waals surface area contributed by atoms with E-state index in [1.165, 1.54) is 18.1 Å². The summed E-state index contributed by atoms with van der Waals surface area (Å²) in [6, 6.07) is 4.74. The molecule has 1 aromatic rings. The molecule has 6 heteroatoms. The third-order valence-corrected chi connectivity index (χ3v) is 2.41. The lowest BCUT2D eigenvalue weighted by Crippen LogP contribution is -2.24. The van der Waals surface area contributed by atoms with Crippen molar-refractivity contribution in [3.8, 4) is 11.5 Å². The Kier molecular flexibility index (Phi) is 4.93. The lowest BCUT2D eigenvalue weighted by molar-refractivity contribution is -0.132. The van der Waals surface area contributed by atoms with Crippen LogP contribution in [0.2, 0.25) is 0 Å². The second-order valence-electron chi connectivity index (χ2n) is 3.87. The number of benzene rings is 1. The monoisotopic (exact) mass is 265 g/mol. The van der Waals surface area contributed by atoms with Crippen molar-refractivity contribution in [3.05, 3.63) is 35.9 Å². The molecular formula is C13H15NO5. The molecule has 0 heterocycles. The standard InChI is InChI=1S/C13H15NO5/c1-14(12(16)5-6-13(17)18)8-9-3-4-10(15)11(7-9)19-2/h3-7,15H,8H2,1-2H3,(H,17,18)/b6-5+. The summed E-state index contributed by atoms with van der Waals surface area (Å²) in [5, 5.41) is 17.9. The zero-order valence-corrected chi connectivity index (χ0v) is 10.7. The van der Waals surface area contributed by atoms with Crippen molar-refractivity contribution in [2.24, 2.45) is 0 Å². The van der Waals surface area contributed by atoms with Gasteiger partial charge in [0, 0.05) is 25.7 Å². The fourth-order valence-electron chi connectivity index (χ4n) is 1.44. The van der Waals surface area contributed by atoms with E-state index in [9.17, 15) is 14.7 Å². The Hall–Kier alpha value is -2.50. The van der Waals surface area contributed by atoms with Crippen molar-refractivity contribution < 1.29 is 24.5 Å². The number of likely N-dealkylation sites (N-methyl/N-ethyl adjacent to an activating group) is 1. The van der Waals surface area contributed by atoms with Crippen LogP contribution < -0.4 is 4.74 Å². The number of phenolic OH excluding ortho intramolecular Hbond substituents is 1. The van der Waals surface area contributed by atoms with Crippen LogP contribution in [0.25, 0.3) is 0 Å². The number of hydrogen-bond acceptors (Lipinski definition) is 4. The Morgan fingerprint density at radius 3 is 2.63 bits per heavy atom. The second kappa shape index (κ2) is 6.44. The summed E-state index contributed by atoms with van der Waals surface area (Å²) in [6.07, 6.45) is 1.77. The van der Waals surface area contributed by atoms with Gasteiger partial charge in [-0.25, -0.2) is 4.79 Å². The maximum Gasteiger partial charge on any atom is 0.328 e. The molecular weight excluding hydrogens is 250 g/mol. The average Bonchev–Trinajstić information content (AvgIpc) is 2.37. The number of carboxylic acids is 1. The van der Waals surface area contributed by atoms with E-state index in [2.05, 4.69) is 0 Å². The highest BCUT2D eigenvalue weighted by Gasteiger charge is 2.08. The van der Waals surface area contributed by atoms with E-state index < -0.39 is 11.9 Å². The first-order chi connectivity index (χ1) is 8.93. The predicted octanol–water partition coefficient (Wildman–Crippen LogP) is 1.000. The first-order valence-electron chi connectivity index (χ1n) is 5.46. The number of amides is 1. The van der Waals surface area contributed by atoms with Crippen molar-refractivity contribution >= 4 is 11.9 Å². The number of rotatable bonds is 5. The summed E-state index contributed by atoms with van der Waals surface area (Å²) in [7, 11) is 2.98. The average molecular weight is 265 g/mol. The first kappa shape index (κ1) is 14.6. The number of carbonyl (C=O) groups is 2. The van der Waals surface area contributed by atoms with E-state index in [1.807, 2.05) is 0 Å². The van der Waals surface area contributed by atoms with Crippen LogP contribution in [0, 0.1) is 0 Å². The minimum atomic E-state index is -1.17. The molecule has 0 spiro atoms. The quantitative estimate of drug-likeness (QED) is 0.775. The van der Waals surface area contributed by atoms with E-state index >= 15 is 0 Å². The first-order valence-corrected chi connectivity index (χ1v) is 5.46. The molecule has 102 valence electrons. The maximum absolute atomic E-state index is 11.6. The van der Waals surface area contributed by atoms with E-state index in [4.69, 9.17) is 9.84 Å². The van der Waals surface area contributed by atoms with Crippen molar-refractivity contribution in [1.29, 1.82) is 0 Å². The van der Waals surface area contributed by atoms with E-state index in [-0.39, 0.29) is 12.3 Å². The number of ether oxygens (including phenoxy) is 1. The van der Waals surface area contributed by atoms with Gasteiger partial charge in [-0.15, -0.1) is 0 Å². The van der Waals surface area contributed by atoms with E-state index in [1.54, 1.807) is 19.2 Å². The van der Waals surface area contributed by atoms with Gasteiger partial charge in [0.25, 0.3) is 0 Å². The van der Waals surface area contributed by atoms with Crippen molar-refractivity contribution in [3.63, 3.8) is 0 Å². The molecule has 1 amide bonds. The molecule has 1 rings (SSSR count). The van der Waals surface area contributed by atoms with Crippen LogP contribution in [-0.4, -0.2) is 41.1 Å². The number of hydrogen-bond donors (Lipinski definition) is 2. The Morgan fingerprint density at radius 2 is 2.05 bits per heavy atom. The lowest BCUT2D eigenvalue weighted by atomic mass is 10.2. The molecule has 0 radical (unpaired) electrons. The summed E-state index contributed by atoms with van der Waals surface area (Å²) in [5.41, 5.74) is 0.759. The SMILES string of the molecule is COc1cc(CN(C)C(=O)/C=C/C(=O)O)ccc1O. The fourth-order valence-corrected chi connectivity index (χ4v) is 1.44. The molecule has 6 nitrogen and oxygen atoms in total. The van der Waals surface area contributed by atoms with Crippen LogP contribution in [0.15, 0.2) is 30.4 Å². The minimum Gasteiger partial charge on any atom is -0.504 e. The minimum absolute atomic E-state index is 0.0194. The molecule has 19 heavy (non-hydrogen) atoms. The van der Waals surface area contributed by atoms with Crippen LogP contribution in [0.1, 0.15) is 5.56 Å². The van der Waals surface area contributed by atoms with Gasteiger partial charge in [0.05, 0.1) is 7.11 Å². The normalized spacial score (nSPS) is 10.4. The van der Waals surface area contributed by atoms with Crippen LogP contribution in [0.3, 0.4) is 0 Å². The Bertz CT molecular complexity index is 510. The zero-order valence-electron chi connectivity index (χ0n) is 10.7. The van der Waals surface area contributed by atoms with Crippen LogP contribution in [0.4, 0.5) is 0 Å². The van der Waals surface area contributed by atoms with Gasteiger partial charge < -0.3 is 19.8 Å². The molecule has 0 aliphatic carbocycles. The second-order valence-corrected chi connectivity index (χ2v) is 3.87. The van der Waals surface area contributed by atoms with Gasteiger partial charge in [-0.05, 0) is 17.7 Å². The van der Waals surface area contributed by atoms with Crippen molar-refractivity contribution in [2.75, 3.05) is 14.2 Å². The molecule has 1 aromatic carbocycles. The Balaban J connectivity index is 2.74. The highest BCUT2D eigenvalue weighted by molar-refractivity contribution is 5.93. The van der Waals surface area contributed by atoms with E-state index in [0.717, 1.165) is 17.7 Å². The van der Waals surface area contributed by atoms with Crippen LogP contribution in [-0.2, 0) is 16.1 Å². The Morgan fingerprint density at radius 1 is 1.37 bits per heavy atom. The Labute approximate surface area is 110 Å². The number of nitrogens with zero attached hydrogens (tertiary/aromatic N) is 1. The molecule has 0 aliphatic rings. The van der Waals surface area contributed by atoms with Gasteiger partial charge in [-0.1, -0.05) is 6.07 Å². The summed E-state index contributed by atoms with van der Waals surface area (Å²) >= 11 is 0. The number of methoxy groups -OCH3 is 1. The molecule has 0 fully saturated rings. The van der Waals surface area contributed by atoms with Gasteiger partial charge in [0.2, 0.25) is 5.91 Å². The van der Waals surface area contributed by atoms with Crippen molar-refractivity contribution in [2.45, 2.75) is 6.54 Å². The smallest absolute Gasteiger partial charge is 0.328 e. The number of phenols is 1. The molecule has 0 atom stereocenters. The van der Waals surface area contributed by atoms with Gasteiger partial charge in [0.15, 0.2) is 11.5 Å². The van der Waals surface area contributed by atoms with Gasteiger partial charge in [0.1, 0.15) is 0 Å². The van der Waals surface area contributed by atoms with Crippen LogP contribution >= 0.6 is 0 Å². The van der Waals surface area contributed by atoms with Crippen molar-refractivity contribution in [1.82, 2.24) is 4.90 Å². The highest BCUT2D eigenvalue weighted by Crippen LogP contribution is 2.26. The molecule has 0 aliphatic heterocycles. The van der Waals surface area contributed by atoms with Gasteiger partial charge >= 0.3 is 5.97 Å². The number of aromatic hydroxyl groups is 1. The molecule has 2 N–H and O–H groups in total. The van der Waals surface area contributed by atoms with Gasteiger partial charge in [-0.2, -0.15) is 0 Å². The summed E-state index contributed by atoms with van der Waals surface area (Å²) in [4.78, 5) is 23.2. The predicted molar refractivity (Wildman–Crippen MR) is 67.9 cm³/mol. The van der Waals surface area contributed by atoms with Gasteiger partial charge in [-0.3, -0.25) is 4.79 Å². The summed E-state index contributed by atoms with van der Waals surface area (Å²) in [6.45, 7) is 0.277. The maximum atomic E-state index is 11.6.